The first-order valence-corrected chi connectivity index (χ1v) is 6.96. The molecule has 1 heterocycles. The maximum atomic E-state index is 4.49. The van der Waals surface area contributed by atoms with Gasteiger partial charge in [0.05, 0.1) is 5.69 Å². The Balaban J connectivity index is 0.00000200. The summed E-state index contributed by atoms with van der Waals surface area (Å²) in [5, 5.41) is 0. The molecule has 1 aromatic heterocycles. The van der Waals surface area contributed by atoms with E-state index in [4.69, 9.17) is 0 Å². The van der Waals surface area contributed by atoms with E-state index in [2.05, 4.69) is 47.8 Å². The van der Waals surface area contributed by atoms with E-state index in [1.807, 2.05) is 18.2 Å². The Hall–Kier alpha value is -1.61. The van der Waals surface area contributed by atoms with Gasteiger partial charge in [-0.05, 0) is 20.3 Å². The molecule has 0 fully saturated rings. The van der Waals surface area contributed by atoms with Crippen LogP contribution in [0.2, 0.25) is 0 Å². The number of rotatable bonds is 5. The van der Waals surface area contributed by atoms with Crippen molar-refractivity contribution in [1.82, 2.24) is 9.97 Å². The maximum absolute atomic E-state index is 4.49. The fraction of sp³-hybridized carbons (Fsp3) is 0.375. The quantitative estimate of drug-likeness (QED) is 0.834. The van der Waals surface area contributed by atoms with Crippen LogP contribution in [0.25, 0.3) is 11.3 Å². The summed E-state index contributed by atoms with van der Waals surface area (Å²) in [7, 11) is 0. The van der Waals surface area contributed by atoms with Crippen LogP contribution in [0.1, 0.15) is 26.3 Å². The van der Waals surface area contributed by atoms with E-state index in [1.165, 1.54) is 5.56 Å². The predicted molar refractivity (Wildman–Crippen MR) is 87.7 cm³/mol. The molecule has 108 valence electrons. The Morgan fingerprint density at radius 2 is 1.60 bits per heavy atom. The van der Waals surface area contributed by atoms with Crippen molar-refractivity contribution in [3.05, 3.63) is 42.2 Å². The van der Waals surface area contributed by atoms with E-state index >= 15 is 0 Å². The molecule has 0 aliphatic carbocycles. The summed E-state index contributed by atoms with van der Waals surface area (Å²) < 4.78 is 0. The molecule has 4 heteroatoms. The first-order chi connectivity index (χ1) is 9.31. The average molecular weight is 292 g/mol. The van der Waals surface area contributed by atoms with Crippen LogP contribution in [0.15, 0.2) is 36.7 Å². The summed E-state index contributed by atoms with van der Waals surface area (Å²) in [4.78, 5) is 11.3. The van der Waals surface area contributed by atoms with Crippen LogP contribution < -0.4 is 4.90 Å². The number of halogens is 1. The van der Waals surface area contributed by atoms with Crippen LogP contribution in [0.5, 0.6) is 0 Å². The van der Waals surface area contributed by atoms with E-state index < -0.39 is 0 Å². The first-order valence-electron chi connectivity index (χ1n) is 6.96. The van der Waals surface area contributed by atoms with Crippen molar-refractivity contribution in [1.29, 1.82) is 0 Å². The van der Waals surface area contributed by atoms with Gasteiger partial charge in [-0.3, -0.25) is 0 Å². The van der Waals surface area contributed by atoms with Crippen LogP contribution in [-0.4, -0.2) is 23.1 Å². The summed E-state index contributed by atoms with van der Waals surface area (Å²) in [6.45, 7) is 8.42. The van der Waals surface area contributed by atoms with Gasteiger partial charge in [-0.2, -0.15) is 0 Å². The zero-order valence-electron chi connectivity index (χ0n) is 12.3. The molecule has 2 aromatic rings. The van der Waals surface area contributed by atoms with Crippen LogP contribution in [0, 0.1) is 0 Å². The van der Waals surface area contributed by atoms with Crippen molar-refractivity contribution in [2.45, 2.75) is 27.2 Å². The lowest BCUT2D eigenvalue weighted by Crippen LogP contribution is -2.24. The van der Waals surface area contributed by atoms with Gasteiger partial charge in [0, 0.05) is 24.2 Å². The third-order valence-electron chi connectivity index (χ3n) is 3.39. The lowest BCUT2D eigenvalue weighted by molar-refractivity contribution is 0.828. The zero-order valence-corrected chi connectivity index (χ0v) is 13.2. The normalized spacial score (nSPS) is 9.95. The van der Waals surface area contributed by atoms with Crippen molar-refractivity contribution in [3.63, 3.8) is 0 Å². The van der Waals surface area contributed by atoms with E-state index in [1.54, 1.807) is 6.33 Å². The highest BCUT2D eigenvalue weighted by atomic mass is 35.5. The summed E-state index contributed by atoms with van der Waals surface area (Å²) in [6, 6.07) is 10.3. The van der Waals surface area contributed by atoms with Crippen molar-refractivity contribution >= 4 is 18.2 Å². The summed E-state index contributed by atoms with van der Waals surface area (Å²) in [5.74, 6) is 1.07. The second-order valence-electron chi connectivity index (χ2n) is 4.42. The molecule has 0 N–H and O–H groups in total. The van der Waals surface area contributed by atoms with E-state index in [0.717, 1.165) is 36.6 Å². The lowest BCUT2D eigenvalue weighted by atomic mass is 10.0. The fourth-order valence-corrected chi connectivity index (χ4v) is 2.37. The molecule has 0 bridgehead atoms. The van der Waals surface area contributed by atoms with Crippen molar-refractivity contribution in [3.8, 4) is 11.3 Å². The van der Waals surface area contributed by atoms with Gasteiger partial charge in [-0.15, -0.1) is 12.4 Å². The molecule has 0 spiro atoms. The molecule has 0 amide bonds. The Labute approximate surface area is 127 Å². The van der Waals surface area contributed by atoms with E-state index in [-0.39, 0.29) is 12.4 Å². The largest absolute Gasteiger partial charge is 0.357 e. The standard InChI is InChI=1S/C16H21N3.ClH/c1-4-14-15(13-10-8-7-9-11-13)17-12-18-16(14)19(5-2)6-3;/h7-12H,4-6H2,1-3H3;1H. The van der Waals surface area contributed by atoms with Crippen molar-refractivity contribution in [2.24, 2.45) is 0 Å². The molecule has 3 nitrogen and oxygen atoms in total. The second-order valence-corrected chi connectivity index (χ2v) is 4.42. The Morgan fingerprint density at radius 1 is 0.950 bits per heavy atom. The van der Waals surface area contributed by atoms with Crippen LogP contribution >= 0.6 is 12.4 Å². The third kappa shape index (κ3) is 3.28. The number of aromatic nitrogens is 2. The Morgan fingerprint density at radius 3 is 2.15 bits per heavy atom. The maximum Gasteiger partial charge on any atom is 0.135 e. The Bertz CT molecular complexity index is 525. The number of hydrogen-bond donors (Lipinski definition) is 0. The molecule has 0 aliphatic heterocycles. The van der Waals surface area contributed by atoms with Gasteiger partial charge in [0.1, 0.15) is 12.1 Å². The molecule has 0 saturated heterocycles. The van der Waals surface area contributed by atoms with Gasteiger partial charge < -0.3 is 4.90 Å². The molecule has 0 aliphatic rings. The monoisotopic (exact) mass is 291 g/mol. The van der Waals surface area contributed by atoms with Crippen LogP contribution in [-0.2, 0) is 6.42 Å². The molecule has 0 unspecified atom stereocenters. The number of nitrogens with zero attached hydrogens (tertiary/aromatic N) is 3. The highest BCUT2D eigenvalue weighted by Gasteiger charge is 2.14. The zero-order chi connectivity index (χ0) is 13.7. The Kier molecular flexibility index (Phi) is 6.46. The van der Waals surface area contributed by atoms with Gasteiger partial charge in [0.15, 0.2) is 0 Å². The predicted octanol–water partition coefficient (Wildman–Crippen LogP) is 3.97. The van der Waals surface area contributed by atoms with Gasteiger partial charge in [0.25, 0.3) is 0 Å². The molecule has 20 heavy (non-hydrogen) atoms. The van der Waals surface area contributed by atoms with Gasteiger partial charge in [0.2, 0.25) is 0 Å². The molecule has 0 radical (unpaired) electrons. The van der Waals surface area contributed by atoms with Crippen LogP contribution in [0.4, 0.5) is 5.82 Å². The number of benzene rings is 1. The number of hydrogen-bond acceptors (Lipinski definition) is 3. The van der Waals surface area contributed by atoms with E-state index in [0.29, 0.717) is 0 Å². The topological polar surface area (TPSA) is 29.0 Å². The SMILES string of the molecule is CCc1c(-c2ccccc2)ncnc1N(CC)CC.Cl. The minimum Gasteiger partial charge on any atom is -0.357 e. The smallest absolute Gasteiger partial charge is 0.135 e. The summed E-state index contributed by atoms with van der Waals surface area (Å²) >= 11 is 0. The molecule has 2 rings (SSSR count). The molecular formula is C16H22ClN3. The highest BCUT2D eigenvalue weighted by molar-refractivity contribution is 5.85. The average Bonchev–Trinajstić information content (AvgIpc) is 2.49. The third-order valence-corrected chi connectivity index (χ3v) is 3.39. The molecule has 1 aromatic carbocycles. The van der Waals surface area contributed by atoms with E-state index in [9.17, 15) is 0 Å². The van der Waals surface area contributed by atoms with Crippen molar-refractivity contribution < 1.29 is 0 Å². The first kappa shape index (κ1) is 16.4. The molecule has 0 saturated carbocycles. The second kappa shape index (κ2) is 7.85. The molecule has 0 atom stereocenters. The lowest BCUT2D eigenvalue weighted by Gasteiger charge is -2.23. The van der Waals surface area contributed by atoms with Crippen LogP contribution in [0.3, 0.4) is 0 Å². The van der Waals surface area contributed by atoms with Gasteiger partial charge in [-0.1, -0.05) is 37.3 Å². The van der Waals surface area contributed by atoms with Gasteiger partial charge >= 0.3 is 0 Å². The molecular weight excluding hydrogens is 270 g/mol. The number of anilines is 1. The summed E-state index contributed by atoms with van der Waals surface area (Å²) in [5.41, 5.74) is 3.45. The minimum atomic E-state index is 0. The summed E-state index contributed by atoms with van der Waals surface area (Å²) in [6.07, 6.45) is 2.62. The minimum absolute atomic E-state index is 0. The highest BCUT2D eigenvalue weighted by Crippen LogP contribution is 2.27. The van der Waals surface area contributed by atoms with Gasteiger partial charge in [-0.25, -0.2) is 9.97 Å². The fourth-order valence-electron chi connectivity index (χ4n) is 2.37. The van der Waals surface area contributed by atoms with Crippen molar-refractivity contribution in [2.75, 3.05) is 18.0 Å².